The Morgan fingerprint density at radius 3 is 2.56 bits per heavy atom. The lowest BCUT2D eigenvalue weighted by molar-refractivity contribution is -0.109. The quantitative estimate of drug-likeness (QED) is 0.512. The van der Waals surface area contributed by atoms with Gasteiger partial charge in [0.2, 0.25) is 6.41 Å². The second-order valence-electron chi connectivity index (χ2n) is 1.17. The van der Waals surface area contributed by atoms with Crippen LogP contribution in [0.4, 0.5) is 0 Å². The van der Waals surface area contributed by atoms with Crippen LogP contribution < -0.4 is 5.32 Å². The lowest BCUT2D eigenvalue weighted by Crippen LogP contribution is -1.98. The van der Waals surface area contributed by atoms with Crippen molar-refractivity contribution in [2.75, 3.05) is 7.05 Å². The Labute approximate surface area is 53.3 Å². The largest absolute Gasteiger partial charge is 0.362 e. The van der Waals surface area contributed by atoms with Crippen molar-refractivity contribution in [2.45, 2.75) is 0 Å². The summed E-state index contributed by atoms with van der Waals surface area (Å²) in [7, 11) is 1.56. The van der Waals surface area contributed by atoms with Crippen LogP contribution in [0.1, 0.15) is 0 Å². The molecule has 0 aliphatic heterocycles. The fourth-order valence-corrected chi connectivity index (χ4v) is 0.215. The minimum Gasteiger partial charge on any atom is -0.362 e. The van der Waals surface area contributed by atoms with Gasteiger partial charge in [0, 0.05) is 19.4 Å². The first-order chi connectivity index (χ1) is 4.41. The van der Waals surface area contributed by atoms with Crippen molar-refractivity contribution in [3.05, 3.63) is 18.5 Å². The van der Waals surface area contributed by atoms with Crippen LogP contribution in [-0.2, 0) is 4.79 Å². The van der Waals surface area contributed by atoms with E-state index in [9.17, 15) is 0 Å². The standard InChI is InChI=1S/C3H4N2.C2H5NO/c1-2-4-5-3-1;1-3-2-4/h1-3H,(H,4,5);2H,1H3,(H,3,4). The van der Waals surface area contributed by atoms with Crippen LogP contribution in [0.25, 0.3) is 0 Å². The molecule has 9 heavy (non-hydrogen) atoms. The third-order valence-electron chi connectivity index (χ3n) is 0.524. The van der Waals surface area contributed by atoms with E-state index in [0.29, 0.717) is 6.41 Å². The first-order valence-corrected chi connectivity index (χ1v) is 2.46. The summed E-state index contributed by atoms with van der Waals surface area (Å²) in [6.45, 7) is 0. The molecule has 1 aromatic rings. The molecule has 0 aromatic carbocycles. The fraction of sp³-hybridized carbons (Fsp3) is 0.200. The molecular formula is C5H9N3O. The molecule has 1 aromatic heterocycles. The number of amides is 1. The summed E-state index contributed by atoms with van der Waals surface area (Å²) < 4.78 is 0. The van der Waals surface area contributed by atoms with E-state index in [4.69, 9.17) is 4.79 Å². The maximum Gasteiger partial charge on any atom is 0.206 e. The summed E-state index contributed by atoms with van der Waals surface area (Å²) in [6.07, 6.45) is 4.08. The van der Waals surface area contributed by atoms with Crippen LogP contribution >= 0.6 is 0 Å². The number of nitrogens with one attached hydrogen (secondary N) is 2. The fourth-order valence-electron chi connectivity index (χ4n) is 0.215. The highest BCUT2D eigenvalue weighted by Crippen LogP contribution is 1.64. The van der Waals surface area contributed by atoms with Gasteiger partial charge in [-0.15, -0.1) is 0 Å². The van der Waals surface area contributed by atoms with Gasteiger partial charge in [-0.05, 0) is 6.07 Å². The number of aromatic nitrogens is 2. The molecule has 0 saturated heterocycles. The molecule has 0 atom stereocenters. The van der Waals surface area contributed by atoms with Crippen LogP contribution in [0.15, 0.2) is 18.5 Å². The van der Waals surface area contributed by atoms with Crippen molar-refractivity contribution in [1.29, 1.82) is 0 Å². The SMILES string of the molecule is CNC=O.c1cn[nH]c1. The van der Waals surface area contributed by atoms with Gasteiger partial charge in [-0.3, -0.25) is 9.89 Å². The number of H-pyrrole nitrogens is 1. The summed E-state index contributed by atoms with van der Waals surface area (Å²) in [5.74, 6) is 0. The number of hydrogen-bond acceptors (Lipinski definition) is 2. The molecule has 2 N–H and O–H groups in total. The molecule has 0 radical (unpaired) electrons. The van der Waals surface area contributed by atoms with Gasteiger partial charge in [-0.1, -0.05) is 0 Å². The van der Waals surface area contributed by atoms with Gasteiger partial charge in [0.25, 0.3) is 0 Å². The molecule has 0 bridgehead atoms. The molecule has 0 aliphatic rings. The number of hydrogen-bond donors (Lipinski definition) is 2. The monoisotopic (exact) mass is 127 g/mol. The van der Waals surface area contributed by atoms with E-state index in [1.165, 1.54) is 0 Å². The van der Waals surface area contributed by atoms with E-state index in [1.807, 2.05) is 6.07 Å². The Kier molecular flexibility index (Phi) is 5.70. The highest BCUT2D eigenvalue weighted by atomic mass is 16.1. The van der Waals surface area contributed by atoms with Gasteiger partial charge in [0.15, 0.2) is 0 Å². The minimum absolute atomic E-state index is 0.625. The van der Waals surface area contributed by atoms with Crippen LogP contribution in [-0.4, -0.2) is 23.7 Å². The van der Waals surface area contributed by atoms with E-state index in [2.05, 4.69) is 15.5 Å². The van der Waals surface area contributed by atoms with Crippen LogP contribution in [0.3, 0.4) is 0 Å². The van der Waals surface area contributed by atoms with Crippen molar-refractivity contribution in [1.82, 2.24) is 15.5 Å². The number of nitrogens with zero attached hydrogens (tertiary/aromatic N) is 1. The number of carbonyl (C=O) groups is 1. The highest BCUT2D eigenvalue weighted by molar-refractivity contribution is 5.44. The molecule has 1 heterocycles. The third kappa shape index (κ3) is 6.68. The highest BCUT2D eigenvalue weighted by Gasteiger charge is 1.56. The molecule has 0 unspecified atom stereocenters. The third-order valence-corrected chi connectivity index (χ3v) is 0.524. The molecule has 4 heteroatoms. The summed E-state index contributed by atoms with van der Waals surface area (Å²) in [4.78, 5) is 9.06. The van der Waals surface area contributed by atoms with E-state index >= 15 is 0 Å². The summed E-state index contributed by atoms with van der Waals surface area (Å²) in [5.41, 5.74) is 0. The zero-order valence-corrected chi connectivity index (χ0v) is 5.16. The van der Waals surface area contributed by atoms with E-state index < -0.39 is 0 Å². The molecule has 0 fully saturated rings. The molecule has 0 aliphatic carbocycles. The van der Waals surface area contributed by atoms with E-state index in [1.54, 1.807) is 19.4 Å². The lowest BCUT2D eigenvalue weighted by Gasteiger charge is -1.64. The average molecular weight is 127 g/mol. The zero-order chi connectivity index (χ0) is 6.95. The first kappa shape index (κ1) is 7.68. The lowest BCUT2D eigenvalue weighted by atomic mass is 10.8. The summed E-state index contributed by atoms with van der Waals surface area (Å²) in [5, 5.41) is 8.46. The molecule has 0 spiro atoms. The van der Waals surface area contributed by atoms with Crippen molar-refractivity contribution in [3.8, 4) is 0 Å². The van der Waals surface area contributed by atoms with Gasteiger partial charge >= 0.3 is 0 Å². The molecule has 1 rings (SSSR count). The Balaban J connectivity index is 0.000000148. The van der Waals surface area contributed by atoms with Gasteiger partial charge in [0.05, 0.1) is 0 Å². The Bertz CT molecular complexity index is 110. The summed E-state index contributed by atoms with van der Waals surface area (Å²) in [6, 6.07) is 1.83. The van der Waals surface area contributed by atoms with Gasteiger partial charge in [0.1, 0.15) is 0 Å². The molecule has 50 valence electrons. The second kappa shape index (κ2) is 6.68. The molecule has 1 amide bonds. The van der Waals surface area contributed by atoms with Crippen molar-refractivity contribution >= 4 is 6.41 Å². The predicted octanol–water partition coefficient (Wildman–Crippen LogP) is -0.228. The van der Waals surface area contributed by atoms with Crippen molar-refractivity contribution < 1.29 is 4.79 Å². The maximum absolute atomic E-state index is 9.06. The van der Waals surface area contributed by atoms with Crippen molar-refractivity contribution in [3.63, 3.8) is 0 Å². The first-order valence-electron chi connectivity index (χ1n) is 2.46. The van der Waals surface area contributed by atoms with E-state index in [-0.39, 0.29) is 0 Å². The molecule has 4 nitrogen and oxygen atoms in total. The Morgan fingerprint density at radius 1 is 1.78 bits per heavy atom. The number of aromatic amines is 1. The molecular weight excluding hydrogens is 118 g/mol. The van der Waals surface area contributed by atoms with Gasteiger partial charge in [-0.2, -0.15) is 5.10 Å². The number of rotatable bonds is 1. The maximum atomic E-state index is 9.06. The Morgan fingerprint density at radius 2 is 2.44 bits per heavy atom. The Hall–Kier alpha value is -1.32. The van der Waals surface area contributed by atoms with Gasteiger partial charge < -0.3 is 5.32 Å². The second-order valence-corrected chi connectivity index (χ2v) is 1.17. The van der Waals surface area contributed by atoms with E-state index in [0.717, 1.165) is 0 Å². The minimum atomic E-state index is 0.625. The smallest absolute Gasteiger partial charge is 0.206 e. The van der Waals surface area contributed by atoms with Crippen molar-refractivity contribution in [2.24, 2.45) is 0 Å². The normalized spacial score (nSPS) is 6.78. The van der Waals surface area contributed by atoms with Gasteiger partial charge in [-0.25, -0.2) is 0 Å². The molecule has 0 saturated carbocycles. The van der Waals surface area contributed by atoms with Crippen LogP contribution in [0.5, 0.6) is 0 Å². The zero-order valence-electron chi connectivity index (χ0n) is 5.16. The number of carbonyl (C=O) groups excluding carboxylic acids is 1. The topological polar surface area (TPSA) is 57.8 Å². The average Bonchev–Trinajstić information content (AvgIpc) is 2.43. The predicted molar refractivity (Wildman–Crippen MR) is 33.7 cm³/mol. The van der Waals surface area contributed by atoms with Crippen LogP contribution in [0.2, 0.25) is 0 Å². The van der Waals surface area contributed by atoms with Crippen LogP contribution in [0, 0.1) is 0 Å². The summed E-state index contributed by atoms with van der Waals surface area (Å²) >= 11 is 0.